The molecule has 2 heterocycles. The molecule has 0 aliphatic carbocycles. The minimum absolute atomic E-state index is 0.0000654. The molecule has 1 aromatic heterocycles. The largest absolute Gasteiger partial charge is 0.378 e. The lowest BCUT2D eigenvalue weighted by atomic mass is 10.3. The van der Waals surface area contributed by atoms with Gasteiger partial charge in [-0.15, -0.1) is 0 Å². The number of carbonyl (C=O) groups excluding carboxylic acids is 1. The van der Waals surface area contributed by atoms with Crippen LogP contribution in [0.15, 0.2) is 41.4 Å². The van der Waals surface area contributed by atoms with Crippen molar-refractivity contribution >= 4 is 33.4 Å². The van der Waals surface area contributed by atoms with Crippen LogP contribution in [-0.4, -0.2) is 50.6 Å². The molecule has 2 N–H and O–H groups in total. The maximum atomic E-state index is 12.5. The zero-order valence-corrected chi connectivity index (χ0v) is 15.0. The molecule has 0 bridgehead atoms. The Hall–Kier alpha value is -2.72. The molecule has 1 amide bonds. The summed E-state index contributed by atoms with van der Waals surface area (Å²) < 4.78 is 32.7. The summed E-state index contributed by atoms with van der Waals surface area (Å²) in [5.41, 5.74) is 0.516. The van der Waals surface area contributed by atoms with Gasteiger partial charge in [-0.2, -0.15) is 4.98 Å². The number of hydrogen-bond donors (Lipinski definition) is 2. The van der Waals surface area contributed by atoms with Gasteiger partial charge in [-0.05, 0) is 30.3 Å². The molecular weight excluding hydrogens is 358 g/mol. The summed E-state index contributed by atoms with van der Waals surface area (Å²) >= 11 is 0. The van der Waals surface area contributed by atoms with Gasteiger partial charge in [0, 0.05) is 31.9 Å². The number of aromatic nitrogens is 2. The highest BCUT2D eigenvalue weighted by Gasteiger charge is 2.18. The van der Waals surface area contributed by atoms with Gasteiger partial charge in [0.15, 0.2) is 0 Å². The lowest BCUT2D eigenvalue weighted by Gasteiger charge is -2.27. The summed E-state index contributed by atoms with van der Waals surface area (Å²) in [5.74, 6) is 0.411. The van der Waals surface area contributed by atoms with Crippen molar-refractivity contribution in [2.75, 3.05) is 41.2 Å². The number of morpholine rings is 1. The number of ether oxygens (including phenoxy) is 1. The standard InChI is InChI=1S/C16H19N5O4S/c1-12(22)18-13-2-4-14(5-3-13)26(23,24)20-16-17-7-6-15(19-16)21-8-10-25-11-9-21/h2-7H,8-11H2,1H3,(H,18,22)(H,17,19,20). The molecule has 0 radical (unpaired) electrons. The molecule has 0 unspecified atom stereocenters. The Labute approximate surface area is 151 Å². The summed E-state index contributed by atoms with van der Waals surface area (Å²) in [7, 11) is -3.84. The summed E-state index contributed by atoms with van der Waals surface area (Å²) in [4.78, 5) is 21.3. The summed E-state index contributed by atoms with van der Waals surface area (Å²) in [5, 5.41) is 2.58. The molecule has 1 aromatic carbocycles. The second-order valence-electron chi connectivity index (χ2n) is 5.65. The molecule has 3 rings (SSSR count). The smallest absolute Gasteiger partial charge is 0.264 e. The zero-order valence-electron chi connectivity index (χ0n) is 14.2. The molecule has 1 fully saturated rings. The molecule has 2 aromatic rings. The number of hydrogen-bond acceptors (Lipinski definition) is 7. The topological polar surface area (TPSA) is 114 Å². The van der Waals surface area contributed by atoms with E-state index in [4.69, 9.17) is 4.74 Å². The third kappa shape index (κ3) is 4.46. The van der Waals surface area contributed by atoms with Gasteiger partial charge in [-0.25, -0.2) is 18.1 Å². The molecule has 1 aliphatic rings. The lowest BCUT2D eigenvalue weighted by Crippen LogP contribution is -2.36. The Kier molecular flexibility index (Phi) is 5.33. The van der Waals surface area contributed by atoms with Crippen LogP contribution < -0.4 is 14.9 Å². The van der Waals surface area contributed by atoms with Gasteiger partial charge in [0.05, 0.1) is 18.1 Å². The highest BCUT2D eigenvalue weighted by molar-refractivity contribution is 7.92. The van der Waals surface area contributed by atoms with Crippen molar-refractivity contribution in [3.05, 3.63) is 36.5 Å². The number of anilines is 3. The lowest BCUT2D eigenvalue weighted by molar-refractivity contribution is -0.114. The van der Waals surface area contributed by atoms with Crippen LogP contribution in [0.4, 0.5) is 17.5 Å². The number of rotatable bonds is 5. The normalized spacial score (nSPS) is 14.7. The predicted molar refractivity (Wildman–Crippen MR) is 96.6 cm³/mol. The molecule has 9 nitrogen and oxygen atoms in total. The van der Waals surface area contributed by atoms with Crippen LogP contribution in [0.3, 0.4) is 0 Å². The van der Waals surface area contributed by atoms with Crippen molar-refractivity contribution in [1.82, 2.24) is 9.97 Å². The molecule has 0 atom stereocenters. The number of carbonyl (C=O) groups is 1. The van der Waals surface area contributed by atoms with E-state index in [1.54, 1.807) is 6.07 Å². The van der Waals surface area contributed by atoms with E-state index in [1.165, 1.54) is 37.4 Å². The van der Waals surface area contributed by atoms with E-state index < -0.39 is 10.0 Å². The van der Waals surface area contributed by atoms with Crippen LogP contribution in [0.1, 0.15) is 6.92 Å². The van der Waals surface area contributed by atoms with E-state index in [0.29, 0.717) is 37.8 Å². The van der Waals surface area contributed by atoms with Gasteiger partial charge in [0.2, 0.25) is 11.9 Å². The first-order chi connectivity index (χ1) is 12.4. The Bertz CT molecular complexity index is 880. The van der Waals surface area contributed by atoms with Crippen molar-refractivity contribution in [3.63, 3.8) is 0 Å². The third-order valence-electron chi connectivity index (χ3n) is 3.69. The van der Waals surface area contributed by atoms with Gasteiger partial charge in [-0.3, -0.25) is 4.79 Å². The van der Waals surface area contributed by atoms with E-state index in [-0.39, 0.29) is 16.8 Å². The Morgan fingerprint density at radius 1 is 1.15 bits per heavy atom. The first-order valence-electron chi connectivity index (χ1n) is 8.00. The minimum atomic E-state index is -3.84. The van der Waals surface area contributed by atoms with Crippen LogP contribution in [0, 0.1) is 0 Å². The quantitative estimate of drug-likeness (QED) is 0.801. The second-order valence-corrected chi connectivity index (χ2v) is 7.33. The van der Waals surface area contributed by atoms with Gasteiger partial charge >= 0.3 is 0 Å². The van der Waals surface area contributed by atoms with E-state index in [1.807, 2.05) is 4.90 Å². The highest BCUT2D eigenvalue weighted by atomic mass is 32.2. The first kappa shape index (κ1) is 18.1. The van der Waals surface area contributed by atoms with Crippen LogP contribution in [-0.2, 0) is 19.6 Å². The van der Waals surface area contributed by atoms with Gasteiger partial charge in [-0.1, -0.05) is 0 Å². The average Bonchev–Trinajstić information content (AvgIpc) is 2.62. The first-order valence-corrected chi connectivity index (χ1v) is 9.48. The van der Waals surface area contributed by atoms with Crippen molar-refractivity contribution in [1.29, 1.82) is 0 Å². The second kappa shape index (κ2) is 7.67. The number of sulfonamides is 1. The summed E-state index contributed by atoms with van der Waals surface area (Å²) in [6, 6.07) is 7.56. The SMILES string of the molecule is CC(=O)Nc1ccc(S(=O)(=O)Nc2nccc(N3CCOCC3)n2)cc1. The highest BCUT2D eigenvalue weighted by Crippen LogP contribution is 2.18. The average molecular weight is 377 g/mol. The fourth-order valence-corrected chi connectivity index (χ4v) is 3.42. The van der Waals surface area contributed by atoms with Gasteiger partial charge in [0.25, 0.3) is 10.0 Å². The maximum absolute atomic E-state index is 12.5. The van der Waals surface area contributed by atoms with E-state index in [9.17, 15) is 13.2 Å². The molecule has 0 saturated carbocycles. The van der Waals surface area contributed by atoms with Crippen LogP contribution in [0.25, 0.3) is 0 Å². The van der Waals surface area contributed by atoms with E-state index in [2.05, 4.69) is 20.0 Å². The van der Waals surface area contributed by atoms with Crippen molar-refractivity contribution < 1.29 is 17.9 Å². The third-order valence-corrected chi connectivity index (χ3v) is 5.03. The molecule has 0 spiro atoms. The Balaban J connectivity index is 1.75. The molecule has 10 heteroatoms. The van der Waals surface area contributed by atoms with Crippen molar-refractivity contribution in [2.45, 2.75) is 11.8 Å². The number of nitrogens with zero attached hydrogens (tertiary/aromatic N) is 3. The summed E-state index contributed by atoms with van der Waals surface area (Å²) in [6.07, 6.45) is 1.51. The van der Waals surface area contributed by atoms with Crippen LogP contribution in [0.2, 0.25) is 0 Å². The number of nitrogens with one attached hydrogen (secondary N) is 2. The molecule has 26 heavy (non-hydrogen) atoms. The summed E-state index contributed by atoms with van der Waals surface area (Å²) in [6.45, 7) is 3.96. The van der Waals surface area contributed by atoms with Crippen molar-refractivity contribution in [2.24, 2.45) is 0 Å². The molecule has 1 aliphatic heterocycles. The molecule has 1 saturated heterocycles. The van der Waals surface area contributed by atoms with Gasteiger partial charge < -0.3 is 15.0 Å². The Morgan fingerprint density at radius 3 is 2.50 bits per heavy atom. The molecular formula is C16H19N5O4S. The fourth-order valence-electron chi connectivity index (χ4n) is 2.47. The van der Waals surface area contributed by atoms with Crippen molar-refractivity contribution in [3.8, 4) is 0 Å². The number of benzene rings is 1. The molecule has 138 valence electrons. The predicted octanol–water partition coefficient (Wildman–Crippen LogP) is 1.07. The van der Waals surface area contributed by atoms with Crippen LogP contribution >= 0.6 is 0 Å². The zero-order chi connectivity index (χ0) is 18.6. The number of amides is 1. The van der Waals surface area contributed by atoms with E-state index in [0.717, 1.165) is 0 Å². The minimum Gasteiger partial charge on any atom is -0.378 e. The fraction of sp³-hybridized carbons (Fsp3) is 0.312. The Morgan fingerprint density at radius 2 is 1.85 bits per heavy atom. The maximum Gasteiger partial charge on any atom is 0.264 e. The van der Waals surface area contributed by atoms with Crippen LogP contribution in [0.5, 0.6) is 0 Å². The van der Waals surface area contributed by atoms with Gasteiger partial charge in [0.1, 0.15) is 5.82 Å². The monoisotopic (exact) mass is 377 g/mol. The van der Waals surface area contributed by atoms with E-state index >= 15 is 0 Å².